The lowest BCUT2D eigenvalue weighted by atomic mass is 10.1. The minimum Gasteiger partial charge on any atom is -0.452 e. The largest absolute Gasteiger partial charge is 0.452 e. The molecule has 0 bridgehead atoms. The molecule has 3 aromatic rings. The first-order valence-corrected chi connectivity index (χ1v) is 10.9. The van der Waals surface area contributed by atoms with Gasteiger partial charge in [-0.3, -0.25) is 23.9 Å². The molecule has 5 rings (SSSR count). The topological polar surface area (TPSA) is 111 Å². The minimum absolute atomic E-state index is 0.103. The average molecular weight is 446 g/mol. The predicted molar refractivity (Wildman–Crippen MR) is 121 cm³/mol. The molecule has 0 radical (unpaired) electrons. The second-order valence-electron chi connectivity index (χ2n) is 8.15. The Morgan fingerprint density at radius 1 is 1.06 bits per heavy atom. The average Bonchev–Trinajstić information content (AvgIpc) is 3.07. The van der Waals surface area contributed by atoms with Crippen LogP contribution in [0.1, 0.15) is 35.4 Å². The van der Waals surface area contributed by atoms with E-state index in [0.29, 0.717) is 28.8 Å². The van der Waals surface area contributed by atoms with Crippen molar-refractivity contribution >= 4 is 40.1 Å². The lowest BCUT2D eigenvalue weighted by molar-refractivity contribution is -0.124. The number of hydrogen-bond acceptors (Lipinski definition) is 6. The Hall–Kier alpha value is -4.01. The van der Waals surface area contributed by atoms with Gasteiger partial charge in [-0.05, 0) is 43.2 Å². The van der Waals surface area contributed by atoms with Crippen LogP contribution in [0.15, 0.2) is 47.3 Å². The van der Waals surface area contributed by atoms with E-state index in [1.807, 2.05) is 0 Å². The van der Waals surface area contributed by atoms with E-state index in [2.05, 4.69) is 10.3 Å². The predicted octanol–water partition coefficient (Wildman–Crippen LogP) is 2.26. The molecule has 0 saturated carbocycles. The van der Waals surface area contributed by atoms with E-state index in [1.165, 1.54) is 17.0 Å². The van der Waals surface area contributed by atoms with Gasteiger partial charge in [0.15, 0.2) is 6.61 Å². The second kappa shape index (κ2) is 8.50. The molecule has 3 heterocycles. The van der Waals surface area contributed by atoms with E-state index in [-0.39, 0.29) is 23.6 Å². The Labute approximate surface area is 189 Å². The molecule has 0 spiro atoms. The third-order valence-corrected chi connectivity index (χ3v) is 5.95. The number of carbonyl (C=O) groups excluding carboxylic acids is 3. The van der Waals surface area contributed by atoms with Crippen molar-refractivity contribution in [3.05, 3.63) is 64.2 Å². The van der Waals surface area contributed by atoms with Crippen LogP contribution in [0.4, 0.5) is 11.4 Å². The Bertz CT molecular complexity index is 1350. The molecule has 2 amide bonds. The molecule has 2 aliphatic heterocycles. The summed E-state index contributed by atoms with van der Waals surface area (Å²) in [5.41, 5.74) is 1.62. The van der Waals surface area contributed by atoms with E-state index in [9.17, 15) is 19.2 Å². The number of aryl methyl sites for hydroxylation is 1. The zero-order chi connectivity index (χ0) is 22.9. The molecule has 1 N–H and O–H groups in total. The number of hydrogen-bond donors (Lipinski definition) is 1. The van der Waals surface area contributed by atoms with Gasteiger partial charge in [-0.25, -0.2) is 9.78 Å². The van der Waals surface area contributed by atoms with Crippen molar-refractivity contribution in [2.45, 2.75) is 32.2 Å². The van der Waals surface area contributed by atoms with Gasteiger partial charge in [0.1, 0.15) is 12.4 Å². The van der Waals surface area contributed by atoms with Crippen LogP contribution in [-0.4, -0.2) is 40.5 Å². The van der Waals surface area contributed by atoms with Crippen molar-refractivity contribution in [1.82, 2.24) is 9.55 Å². The fraction of sp³-hybridized carbons (Fsp3) is 0.292. The summed E-state index contributed by atoms with van der Waals surface area (Å²) in [6.45, 7) is -0.0121. The first-order chi connectivity index (χ1) is 16.0. The maximum Gasteiger partial charge on any atom is 0.338 e. The smallest absolute Gasteiger partial charge is 0.338 e. The fourth-order valence-electron chi connectivity index (χ4n) is 4.29. The minimum atomic E-state index is -0.697. The number of esters is 1. The van der Waals surface area contributed by atoms with Gasteiger partial charge in [0, 0.05) is 13.0 Å². The Kier molecular flexibility index (Phi) is 5.37. The van der Waals surface area contributed by atoms with E-state index < -0.39 is 18.5 Å². The fourth-order valence-corrected chi connectivity index (χ4v) is 4.29. The number of nitrogens with zero attached hydrogens (tertiary/aromatic N) is 3. The number of amides is 2. The summed E-state index contributed by atoms with van der Waals surface area (Å²) >= 11 is 0. The summed E-state index contributed by atoms with van der Waals surface area (Å²) in [4.78, 5) is 56.0. The monoisotopic (exact) mass is 446 g/mol. The zero-order valence-electron chi connectivity index (χ0n) is 17.9. The van der Waals surface area contributed by atoms with Crippen LogP contribution < -0.4 is 15.8 Å². The molecule has 9 nitrogen and oxygen atoms in total. The standard InChI is InChI=1S/C24H22N4O5/c29-21-13-28(19-7-4-3-6-17(19)26-21)22(30)14-33-24(32)15-9-10-16-18(12-15)25-20-8-2-1-5-11-27(20)23(16)31/h3-4,6-7,9-10,12H,1-2,5,8,11,13-14H2,(H,26,29). The van der Waals surface area contributed by atoms with Gasteiger partial charge < -0.3 is 10.1 Å². The molecule has 0 aliphatic carbocycles. The van der Waals surface area contributed by atoms with Crippen LogP contribution in [0, 0.1) is 0 Å². The third-order valence-electron chi connectivity index (χ3n) is 5.95. The van der Waals surface area contributed by atoms with Crippen molar-refractivity contribution in [3.63, 3.8) is 0 Å². The number of nitrogens with one attached hydrogen (secondary N) is 1. The highest BCUT2D eigenvalue weighted by Gasteiger charge is 2.27. The van der Waals surface area contributed by atoms with Crippen molar-refractivity contribution in [3.8, 4) is 0 Å². The van der Waals surface area contributed by atoms with Crippen molar-refractivity contribution in [2.75, 3.05) is 23.4 Å². The SMILES string of the molecule is O=C1CN(C(=O)COC(=O)c2ccc3c(=O)n4c(nc3c2)CCCCC4)c2ccccc2N1. The van der Waals surface area contributed by atoms with Crippen molar-refractivity contribution in [1.29, 1.82) is 0 Å². The van der Waals surface area contributed by atoms with Crippen LogP contribution >= 0.6 is 0 Å². The molecular formula is C24H22N4O5. The second-order valence-corrected chi connectivity index (χ2v) is 8.15. The summed E-state index contributed by atoms with van der Waals surface area (Å²) in [6, 6.07) is 11.5. The van der Waals surface area contributed by atoms with Crippen LogP contribution in [0.2, 0.25) is 0 Å². The maximum absolute atomic E-state index is 12.8. The highest BCUT2D eigenvalue weighted by molar-refractivity contribution is 6.10. The quantitative estimate of drug-likeness (QED) is 0.618. The Morgan fingerprint density at radius 3 is 2.79 bits per heavy atom. The summed E-state index contributed by atoms with van der Waals surface area (Å²) in [6.07, 6.45) is 3.69. The number of fused-ring (bicyclic) bond motifs is 3. The van der Waals surface area contributed by atoms with Crippen LogP contribution in [0.5, 0.6) is 0 Å². The zero-order valence-corrected chi connectivity index (χ0v) is 17.9. The van der Waals surface area contributed by atoms with Gasteiger partial charge in [-0.15, -0.1) is 0 Å². The van der Waals surface area contributed by atoms with Gasteiger partial charge in [0.2, 0.25) is 5.91 Å². The summed E-state index contributed by atoms with van der Waals surface area (Å²) in [7, 11) is 0. The van der Waals surface area contributed by atoms with Crippen LogP contribution in [0.25, 0.3) is 10.9 Å². The normalized spacial score (nSPS) is 15.3. The van der Waals surface area contributed by atoms with Gasteiger partial charge in [-0.2, -0.15) is 0 Å². The Balaban J connectivity index is 1.34. The highest BCUT2D eigenvalue weighted by atomic mass is 16.5. The lowest BCUT2D eigenvalue weighted by Gasteiger charge is -2.28. The number of para-hydroxylation sites is 2. The molecule has 2 aliphatic rings. The lowest BCUT2D eigenvalue weighted by Crippen LogP contribution is -2.44. The van der Waals surface area contributed by atoms with Crippen molar-refractivity contribution in [2.24, 2.45) is 0 Å². The highest BCUT2D eigenvalue weighted by Crippen LogP contribution is 2.29. The third kappa shape index (κ3) is 3.97. The first-order valence-electron chi connectivity index (χ1n) is 10.9. The van der Waals surface area contributed by atoms with Gasteiger partial charge in [0.25, 0.3) is 11.5 Å². The molecule has 9 heteroatoms. The molecule has 2 aromatic carbocycles. The molecular weight excluding hydrogens is 424 g/mol. The number of rotatable bonds is 3. The molecule has 0 saturated heterocycles. The molecule has 0 atom stereocenters. The van der Waals surface area contributed by atoms with E-state index in [1.54, 1.807) is 34.9 Å². The van der Waals surface area contributed by atoms with E-state index in [4.69, 9.17) is 4.74 Å². The van der Waals surface area contributed by atoms with Gasteiger partial charge in [-0.1, -0.05) is 18.6 Å². The molecule has 0 fully saturated rings. The molecule has 0 unspecified atom stereocenters. The number of anilines is 2. The van der Waals surface area contributed by atoms with E-state index in [0.717, 1.165) is 31.5 Å². The number of ether oxygens (including phenoxy) is 1. The number of benzene rings is 2. The number of carbonyl (C=O) groups is 3. The Morgan fingerprint density at radius 2 is 1.91 bits per heavy atom. The van der Waals surface area contributed by atoms with E-state index >= 15 is 0 Å². The van der Waals surface area contributed by atoms with Crippen molar-refractivity contribution < 1.29 is 19.1 Å². The first kappa shape index (κ1) is 20.9. The summed E-state index contributed by atoms with van der Waals surface area (Å²) in [5.74, 6) is -0.794. The van der Waals surface area contributed by atoms with Gasteiger partial charge in [0.05, 0.1) is 27.8 Å². The maximum atomic E-state index is 12.8. The summed E-state index contributed by atoms with van der Waals surface area (Å²) < 4.78 is 6.95. The van der Waals surface area contributed by atoms with Crippen LogP contribution in [-0.2, 0) is 27.3 Å². The summed E-state index contributed by atoms with van der Waals surface area (Å²) in [5, 5.41) is 3.16. The molecule has 1 aromatic heterocycles. The molecule has 33 heavy (non-hydrogen) atoms. The van der Waals surface area contributed by atoms with Gasteiger partial charge >= 0.3 is 5.97 Å². The van der Waals surface area contributed by atoms with Crippen LogP contribution in [0.3, 0.4) is 0 Å². The molecule has 168 valence electrons. The number of aromatic nitrogens is 2.